The topological polar surface area (TPSA) is 78.9 Å². The summed E-state index contributed by atoms with van der Waals surface area (Å²) in [6.07, 6.45) is 49.3. The molecule has 0 bridgehead atoms. The fourth-order valence-electron chi connectivity index (χ4n) is 8.31. The molecule has 6 heteroatoms. The van der Waals surface area contributed by atoms with Gasteiger partial charge in [-0.3, -0.25) is 14.4 Å². The molecule has 0 saturated carbocycles. The molecule has 61 heavy (non-hydrogen) atoms. The van der Waals surface area contributed by atoms with Gasteiger partial charge in [0.15, 0.2) is 6.10 Å². The zero-order valence-corrected chi connectivity index (χ0v) is 41.8. The number of rotatable bonds is 49. The van der Waals surface area contributed by atoms with Gasteiger partial charge >= 0.3 is 17.9 Å². The maximum atomic E-state index is 12.8. The molecule has 0 rings (SSSR count). The van der Waals surface area contributed by atoms with E-state index in [0.717, 1.165) is 69.6 Å². The van der Waals surface area contributed by atoms with Crippen LogP contribution in [0.3, 0.4) is 0 Å². The van der Waals surface area contributed by atoms with Crippen molar-refractivity contribution in [2.75, 3.05) is 13.2 Å². The molecule has 6 nitrogen and oxygen atoms in total. The number of hydrogen-bond donors (Lipinski definition) is 0. The number of carbonyl (C=O) groups excluding carboxylic acids is 3. The van der Waals surface area contributed by atoms with Crippen LogP contribution in [0.5, 0.6) is 0 Å². The summed E-state index contributed by atoms with van der Waals surface area (Å²) < 4.78 is 16.9. The van der Waals surface area contributed by atoms with Crippen molar-refractivity contribution in [1.29, 1.82) is 0 Å². The lowest BCUT2D eigenvalue weighted by Gasteiger charge is -2.18. The van der Waals surface area contributed by atoms with Crippen molar-refractivity contribution in [2.24, 2.45) is 11.8 Å². The molecule has 0 aliphatic heterocycles. The van der Waals surface area contributed by atoms with E-state index < -0.39 is 6.10 Å². The van der Waals surface area contributed by atoms with E-state index in [0.29, 0.717) is 19.3 Å². The number of ether oxygens (including phenoxy) is 3. The lowest BCUT2D eigenvalue weighted by Crippen LogP contribution is -2.30. The monoisotopic (exact) mass is 863 g/mol. The first-order valence-electron chi connectivity index (χ1n) is 27.3. The minimum Gasteiger partial charge on any atom is -0.462 e. The van der Waals surface area contributed by atoms with Gasteiger partial charge < -0.3 is 14.2 Å². The summed E-state index contributed by atoms with van der Waals surface area (Å²) in [4.78, 5) is 38.0. The Morgan fingerprint density at radius 1 is 0.344 bits per heavy atom. The molecule has 0 amide bonds. The lowest BCUT2D eigenvalue weighted by atomic mass is 9.99. The van der Waals surface area contributed by atoms with Crippen molar-refractivity contribution in [3.63, 3.8) is 0 Å². The first-order chi connectivity index (χ1) is 29.8. The summed E-state index contributed by atoms with van der Waals surface area (Å²) >= 11 is 0. The van der Waals surface area contributed by atoms with Crippen LogP contribution < -0.4 is 0 Å². The van der Waals surface area contributed by atoms with Crippen molar-refractivity contribution in [3.05, 3.63) is 0 Å². The Morgan fingerprint density at radius 2 is 0.623 bits per heavy atom. The molecule has 0 fully saturated rings. The lowest BCUT2D eigenvalue weighted by molar-refractivity contribution is -0.167. The van der Waals surface area contributed by atoms with Crippen LogP contribution in [0.1, 0.15) is 304 Å². The van der Waals surface area contributed by atoms with Crippen molar-refractivity contribution < 1.29 is 28.6 Å². The molecule has 0 aliphatic carbocycles. The van der Waals surface area contributed by atoms with E-state index in [-0.39, 0.29) is 31.1 Å². The molecule has 0 aliphatic rings. The first kappa shape index (κ1) is 59.4. The average Bonchev–Trinajstić information content (AvgIpc) is 3.24. The van der Waals surface area contributed by atoms with E-state index in [9.17, 15) is 14.4 Å². The number of unbranched alkanes of at least 4 members (excludes halogenated alkanes) is 33. The van der Waals surface area contributed by atoms with Crippen molar-refractivity contribution >= 4 is 17.9 Å². The van der Waals surface area contributed by atoms with Crippen LogP contribution in [-0.2, 0) is 28.6 Å². The maximum Gasteiger partial charge on any atom is 0.306 e. The van der Waals surface area contributed by atoms with Gasteiger partial charge in [-0.15, -0.1) is 0 Å². The second kappa shape index (κ2) is 47.9. The second-order valence-corrected chi connectivity index (χ2v) is 19.6. The highest BCUT2D eigenvalue weighted by Crippen LogP contribution is 2.18. The van der Waals surface area contributed by atoms with Crippen LogP contribution in [0.2, 0.25) is 0 Å². The maximum absolute atomic E-state index is 12.8. The summed E-state index contributed by atoms with van der Waals surface area (Å²) in [6, 6.07) is 0. The summed E-state index contributed by atoms with van der Waals surface area (Å²) in [7, 11) is 0. The fourth-order valence-corrected chi connectivity index (χ4v) is 8.31. The van der Waals surface area contributed by atoms with E-state index in [1.807, 2.05) is 0 Å². The minimum absolute atomic E-state index is 0.0632. The highest BCUT2D eigenvalue weighted by atomic mass is 16.6. The highest BCUT2D eigenvalue weighted by molar-refractivity contribution is 5.71. The van der Waals surface area contributed by atoms with Gasteiger partial charge in [0.1, 0.15) is 13.2 Å². The number of hydrogen-bond acceptors (Lipinski definition) is 6. The predicted molar refractivity (Wildman–Crippen MR) is 261 cm³/mol. The van der Waals surface area contributed by atoms with E-state index >= 15 is 0 Å². The molecular formula is C55H106O6. The van der Waals surface area contributed by atoms with E-state index in [2.05, 4.69) is 34.6 Å². The molecule has 0 aromatic carbocycles. The SMILES string of the molecule is CCCCCCCCCCCCCCCCC(=O)OC[C@H](COC(=O)CCCCCCCCCCCCC(C)CC)OC(=O)CCCCCCCCCCCCCCC(C)C. The highest BCUT2D eigenvalue weighted by Gasteiger charge is 2.19. The van der Waals surface area contributed by atoms with E-state index in [1.165, 1.54) is 193 Å². The molecule has 0 radical (unpaired) electrons. The number of carbonyl (C=O) groups is 3. The Bertz CT molecular complexity index is 933. The molecule has 0 aromatic heterocycles. The Balaban J connectivity index is 4.32. The van der Waals surface area contributed by atoms with Crippen LogP contribution in [0.15, 0.2) is 0 Å². The summed E-state index contributed by atoms with van der Waals surface area (Å²) in [5.41, 5.74) is 0. The molecule has 0 spiro atoms. The molecular weight excluding hydrogens is 757 g/mol. The van der Waals surface area contributed by atoms with Crippen LogP contribution in [0, 0.1) is 11.8 Å². The molecule has 0 N–H and O–H groups in total. The van der Waals surface area contributed by atoms with E-state index in [1.54, 1.807) is 0 Å². The van der Waals surface area contributed by atoms with Gasteiger partial charge in [-0.1, -0.05) is 266 Å². The Hall–Kier alpha value is -1.59. The smallest absolute Gasteiger partial charge is 0.306 e. The van der Waals surface area contributed by atoms with Crippen LogP contribution in [-0.4, -0.2) is 37.2 Å². The predicted octanol–water partition coefficient (Wildman–Crippen LogP) is 17.7. The Morgan fingerprint density at radius 3 is 0.934 bits per heavy atom. The second-order valence-electron chi connectivity index (χ2n) is 19.6. The van der Waals surface area contributed by atoms with Crippen LogP contribution >= 0.6 is 0 Å². The van der Waals surface area contributed by atoms with Gasteiger partial charge in [-0.2, -0.15) is 0 Å². The van der Waals surface area contributed by atoms with Gasteiger partial charge in [0.25, 0.3) is 0 Å². The standard InChI is InChI=1S/C55H106O6/c1-6-8-9-10-11-12-13-14-15-19-25-30-35-40-45-53(56)59-48-52(49-60-54(57)46-41-36-31-26-22-21-24-29-34-39-44-51(5)7-2)61-55(58)47-42-37-32-27-20-17-16-18-23-28-33-38-43-50(3)4/h50-52H,6-49H2,1-5H3/t51?,52-/m1/s1. The Kier molecular flexibility index (Phi) is 46.6. The van der Waals surface area contributed by atoms with Crippen LogP contribution in [0.4, 0.5) is 0 Å². The normalized spacial score (nSPS) is 12.5. The van der Waals surface area contributed by atoms with Gasteiger partial charge in [0.05, 0.1) is 0 Å². The quantitative estimate of drug-likeness (QED) is 0.0344. The third-order valence-electron chi connectivity index (χ3n) is 12.8. The van der Waals surface area contributed by atoms with Gasteiger partial charge in [-0.05, 0) is 31.1 Å². The third-order valence-corrected chi connectivity index (χ3v) is 12.8. The van der Waals surface area contributed by atoms with E-state index in [4.69, 9.17) is 14.2 Å². The summed E-state index contributed by atoms with van der Waals surface area (Å²) in [5.74, 6) is 0.858. The average molecular weight is 863 g/mol. The zero-order valence-electron chi connectivity index (χ0n) is 41.8. The molecule has 362 valence electrons. The van der Waals surface area contributed by atoms with Gasteiger partial charge in [0, 0.05) is 19.3 Å². The summed E-state index contributed by atoms with van der Waals surface area (Å²) in [5, 5.41) is 0. The van der Waals surface area contributed by atoms with Crippen molar-refractivity contribution in [1.82, 2.24) is 0 Å². The number of esters is 3. The largest absolute Gasteiger partial charge is 0.462 e. The molecule has 0 saturated heterocycles. The van der Waals surface area contributed by atoms with Gasteiger partial charge in [0.2, 0.25) is 0 Å². The zero-order chi connectivity index (χ0) is 44.7. The van der Waals surface area contributed by atoms with Crippen molar-refractivity contribution in [3.8, 4) is 0 Å². The first-order valence-corrected chi connectivity index (χ1v) is 27.3. The molecule has 0 aromatic rings. The molecule has 2 atom stereocenters. The minimum atomic E-state index is -0.762. The fraction of sp³-hybridized carbons (Fsp3) is 0.945. The Labute approximate surface area is 380 Å². The molecule has 1 unspecified atom stereocenters. The molecule has 0 heterocycles. The summed E-state index contributed by atoms with van der Waals surface area (Å²) in [6.45, 7) is 11.4. The van der Waals surface area contributed by atoms with Crippen LogP contribution in [0.25, 0.3) is 0 Å². The van der Waals surface area contributed by atoms with Gasteiger partial charge in [-0.25, -0.2) is 0 Å². The van der Waals surface area contributed by atoms with Crippen molar-refractivity contribution in [2.45, 2.75) is 310 Å². The third kappa shape index (κ3) is 47.7.